The highest BCUT2D eigenvalue weighted by Crippen LogP contribution is 2.37. The molecule has 0 aromatic heterocycles. The molecular formula is C25H30FN3O2. The van der Waals surface area contributed by atoms with Gasteiger partial charge in [0.15, 0.2) is 0 Å². The molecule has 2 aromatic carbocycles. The van der Waals surface area contributed by atoms with E-state index in [2.05, 4.69) is 22.8 Å². The lowest BCUT2D eigenvalue weighted by Crippen LogP contribution is -2.42. The molecule has 1 aliphatic carbocycles. The van der Waals surface area contributed by atoms with Gasteiger partial charge in [-0.2, -0.15) is 0 Å². The number of halogens is 1. The average molecular weight is 424 g/mol. The highest BCUT2D eigenvalue weighted by atomic mass is 19.1. The third-order valence-electron chi connectivity index (χ3n) is 6.47. The standard InChI is InChI=1S/C25H30FN3O2/c26-22-12-10-20(11-13-22)24(19-7-3-8-19)28-25(31)27-15-4-9-23(30)29-16-14-18-5-1-2-6-21(18)17-29/h1-2,5-6,10-13,19,24H,3-4,7-9,14-17H2,(H2,27,28,31). The number of benzene rings is 2. The van der Waals surface area contributed by atoms with Crippen LogP contribution in [-0.2, 0) is 17.8 Å². The third-order valence-corrected chi connectivity index (χ3v) is 6.47. The number of fused-ring (bicyclic) bond motifs is 1. The molecule has 0 spiro atoms. The SMILES string of the molecule is O=C(NCCCC(=O)N1CCc2ccccc2C1)NC(c1ccc(F)cc1)C1CCC1. The van der Waals surface area contributed by atoms with E-state index in [0.29, 0.717) is 31.8 Å². The maximum atomic E-state index is 13.3. The molecule has 31 heavy (non-hydrogen) atoms. The van der Waals surface area contributed by atoms with Crippen LogP contribution in [0.15, 0.2) is 48.5 Å². The molecule has 3 amide bonds. The number of carbonyl (C=O) groups is 2. The average Bonchev–Trinajstić information content (AvgIpc) is 2.75. The molecule has 1 fully saturated rings. The van der Waals surface area contributed by atoms with Crippen molar-refractivity contribution < 1.29 is 14.0 Å². The summed E-state index contributed by atoms with van der Waals surface area (Å²) in [6.45, 7) is 1.87. The van der Waals surface area contributed by atoms with Gasteiger partial charge in [0, 0.05) is 26.1 Å². The molecule has 1 heterocycles. The van der Waals surface area contributed by atoms with Gasteiger partial charge in [-0.1, -0.05) is 42.8 Å². The minimum atomic E-state index is -0.276. The zero-order chi connectivity index (χ0) is 21.6. The monoisotopic (exact) mass is 423 g/mol. The van der Waals surface area contributed by atoms with Gasteiger partial charge in [-0.15, -0.1) is 0 Å². The largest absolute Gasteiger partial charge is 0.338 e. The predicted octanol–water partition coefficient (Wildman–Crippen LogP) is 4.33. The van der Waals surface area contributed by atoms with Crippen molar-refractivity contribution in [3.63, 3.8) is 0 Å². The second-order valence-corrected chi connectivity index (χ2v) is 8.56. The molecule has 0 saturated heterocycles. The Morgan fingerprint density at radius 1 is 1.06 bits per heavy atom. The summed E-state index contributed by atoms with van der Waals surface area (Å²) in [4.78, 5) is 26.9. The fourth-order valence-electron chi connectivity index (χ4n) is 4.42. The summed E-state index contributed by atoms with van der Waals surface area (Å²) in [5.74, 6) is 0.248. The lowest BCUT2D eigenvalue weighted by atomic mass is 9.77. The van der Waals surface area contributed by atoms with Crippen molar-refractivity contribution in [3.05, 3.63) is 71.0 Å². The fourth-order valence-corrected chi connectivity index (χ4v) is 4.42. The van der Waals surface area contributed by atoms with Crippen LogP contribution < -0.4 is 10.6 Å². The van der Waals surface area contributed by atoms with Crippen LogP contribution in [0.5, 0.6) is 0 Å². The highest BCUT2D eigenvalue weighted by molar-refractivity contribution is 5.77. The van der Waals surface area contributed by atoms with E-state index in [1.54, 1.807) is 12.1 Å². The molecule has 2 aliphatic rings. The van der Waals surface area contributed by atoms with Gasteiger partial charge in [0.05, 0.1) is 6.04 Å². The lowest BCUT2D eigenvalue weighted by molar-refractivity contribution is -0.132. The maximum Gasteiger partial charge on any atom is 0.315 e. The Morgan fingerprint density at radius 3 is 2.52 bits per heavy atom. The van der Waals surface area contributed by atoms with E-state index >= 15 is 0 Å². The highest BCUT2D eigenvalue weighted by Gasteiger charge is 2.29. The van der Waals surface area contributed by atoms with E-state index in [-0.39, 0.29) is 23.8 Å². The molecule has 1 unspecified atom stereocenters. The van der Waals surface area contributed by atoms with Gasteiger partial charge in [-0.05, 0) is 60.4 Å². The molecule has 1 saturated carbocycles. The van der Waals surface area contributed by atoms with Crippen LogP contribution in [0.25, 0.3) is 0 Å². The van der Waals surface area contributed by atoms with Crippen molar-refractivity contribution in [2.24, 2.45) is 5.92 Å². The van der Waals surface area contributed by atoms with E-state index < -0.39 is 0 Å². The summed E-state index contributed by atoms with van der Waals surface area (Å²) in [5.41, 5.74) is 3.48. The second-order valence-electron chi connectivity index (χ2n) is 8.56. The number of hydrogen-bond donors (Lipinski definition) is 2. The maximum absolute atomic E-state index is 13.3. The zero-order valence-corrected chi connectivity index (χ0v) is 17.8. The Kier molecular flexibility index (Phi) is 6.85. The smallest absolute Gasteiger partial charge is 0.315 e. The van der Waals surface area contributed by atoms with Crippen LogP contribution in [0.2, 0.25) is 0 Å². The second kappa shape index (κ2) is 9.94. The Balaban J connectivity index is 1.21. The Bertz CT molecular complexity index is 911. The van der Waals surface area contributed by atoms with Crippen molar-refractivity contribution in [2.45, 2.75) is 51.1 Å². The first-order valence-electron chi connectivity index (χ1n) is 11.2. The summed E-state index contributed by atoms with van der Waals surface area (Å²) >= 11 is 0. The molecule has 2 aromatic rings. The van der Waals surface area contributed by atoms with Gasteiger partial charge in [-0.3, -0.25) is 4.79 Å². The summed E-state index contributed by atoms with van der Waals surface area (Å²) in [6, 6.07) is 14.3. The Hall–Kier alpha value is -2.89. The molecule has 1 atom stereocenters. The number of nitrogens with one attached hydrogen (secondary N) is 2. The van der Waals surface area contributed by atoms with Crippen LogP contribution in [-0.4, -0.2) is 29.9 Å². The summed E-state index contributed by atoms with van der Waals surface area (Å²) in [7, 11) is 0. The van der Waals surface area contributed by atoms with Crippen molar-refractivity contribution >= 4 is 11.9 Å². The first-order valence-corrected chi connectivity index (χ1v) is 11.2. The van der Waals surface area contributed by atoms with Gasteiger partial charge in [0.25, 0.3) is 0 Å². The quantitative estimate of drug-likeness (QED) is 0.651. The molecule has 164 valence electrons. The minimum absolute atomic E-state index is 0.107. The van der Waals surface area contributed by atoms with Crippen LogP contribution in [0, 0.1) is 11.7 Å². The van der Waals surface area contributed by atoms with Crippen molar-refractivity contribution in [1.29, 1.82) is 0 Å². The number of urea groups is 1. The molecule has 0 radical (unpaired) electrons. The molecule has 2 N–H and O–H groups in total. The summed E-state index contributed by atoms with van der Waals surface area (Å²) < 4.78 is 13.3. The molecule has 0 bridgehead atoms. The Morgan fingerprint density at radius 2 is 1.81 bits per heavy atom. The van der Waals surface area contributed by atoms with Crippen LogP contribution in [0.4, 0.5) is 9.18 Å². The molecule has 6 heteroatoms. The summed E-state index contributed by atoms with van der Waals surface area (Å²) in [6.07, 6.45) is 5.22. The fraction of sp³-hybridized carbons (Fsp3) is 0.440. The molecule has 5 nitrogen and oxygen atoms in total. The first-order chi connectivity index (χ1) is 15.1. The minimum Gasteiger partial charge on any atom is -0.338 e. The van der Waals surface area contributed by atoms with Gasteiger partial charge in [-0.25, -0.2) is 9.18 Å². The number of hydrogen-bond acceptors (Lipinski definition) is 2. The van der Waals surface area contributed by atoms with E-state index in [1.807, 2.05) is 17.0 Å². The number of rotatable bonds is 7. The van der Waals surface area contributed by atoms with E-state index in [9.17, 15) is 14.0 Å². The van der Waals surface area contributed by atoms with Crippen molar-refractivity contribution in [3.8, 4) is 0 Å². The molecule has 1 aliphatic heterocycles. The van der Waals surface area contributed by atoms with Gasteiger partial charge in [0.1, 0.15) is 5.82 Å². The number of carbonyl (C=O) groups excluding carboxylic acids is 2. The van der Waals surface area contributed by atoms with E-state index in [1.165, 1.54) is 23.3 Å². The van der Waals surface area contributed by atoms with E-state index in [4.69, 9.17) is 0 Å². The third kappa shape index (κ3) is 5.43. The predicted molar refractivity (Wildman–Crippen MR) is 118 cm³/mol. The molecule has 4 rings (SSSR count). The van der Waals surface area contributed by atoms with Gasteiger partial charge in [0.2, 0.25) is 5.91 Å². The van der Waals surface area contributed by atoms with Crippen molar-refractivity contribution in [2.75, 3.05) is 13.1 Å². The van der Waals surface area contributed by atoms with Crippen LogP contribution in [0.1, 0.15) is 54.8 Å². The lowest BCUT2D eigenvalue weighted by Gasteiger charge is -2.34. The Labute approximate surface area is 183 Å². The van der Waals surface area contributed by atoms with Crippen LogP contribution in [0.3, 0.4) is 0 Å². The number of nitrogens with zero attached hydrogens (tertiary/aromatic N) is 1. The topological polar surface area (TPSA) is 61.4 Å². The first kappa shape index (κ1) is 21.3. The van der Waals surface area contributed by atoms with Crippen molar-refractivity contribution in [1.82, 2.24) is 15.5 Å². The zero-order valence-electron chi connectivity index (χ0n) is 17.8. The number of amides is 3. The van der Waals surface area contributed by atoms with E-state index in [0.717, 1.165) is 37.8 Å². The van der Waals surface area contributed by atoms with Gasteiger partial charge >= 0.3 is 6.03 Å². The normalized spacial score (nSPS) is 16.7. The van der Waals surface area contributed by atoms with Gasteiger partial charge < -0.3 is 15.5 Å². The molecular weight excluding hydrogens is 393 g/mol. The summed E-state index contributed by atoms with van der Waals surface area (Å²) in [5, 5.41) is 5.93. The van der Waals surface area contributed by atoms with Crippen LogP contribution >= 0.6 is 0 Å².